The maximum absolute atomic E-state index is 9.53. The molecule has 0 radical (unpaired) electrons. The molecular weight excluding hydrogens is 420 g/mol. The molecule has 1 aliphatic rings. The molecule has 0 saturated carbocycles. The third kappa shape index (κ3) is 4.83. The summed E-state index contributed by atoms with van der Waals surface area (Å²) in [5.74, 6) is 1.11. The molecule has 0 spiro atoms. The van der Waals surface area contributed by atoms with Crippen LogP contribution in [0.4, 0.5) is 0 Å². The van der Waals surface area contributed by atoms with Gasteiger partial charge < -0.3 is 14.8 Å². The van der Waals surface area contributed by atoms with Crippen molar-refractivity contribution < 1.29 is 9.47 Å². The van der Waals surface area contributed by atoms with E-state index in [1.807, 2.05) is 32.0 Å². The molecule has 32 heavy (non-hydrogen) atoms. The number of aromatic nitrogens is 2. The quantitative estimate of drug-likeness (QED) is 0.474. The Hall–Kier alpha value is -2.79. The molecule has 166 valence electrons. The lowest BCUT2D eigenvalue weighted by Gasteiger charge is -2.13. The third-order valence-corrected chi connectivity index (χ3v) is 6.64. The molecule has 1 aliphatic carbocycles. The Kier molecular flexibility index (Phi) is 7.15. The van der Waals surface area contributed by atoms with Gasteiger partial charge >= 0.3 is 0 Å². The van der Waals surface area contributed by atoms with Crippen molar-refractivity contribution in [2.45, 2.75) is 38.7 Å². The summed E-state index contributed by atoms with van der Waals surface area (Å²) in [6, 6.07) is 14.4. The van der Waals surface area contributed by atoms with Crippen molar-refractivity contribution >= 4 is 11.3 Å². The minimum absolute atomic E-state index is 0.0141. The van der Waals surface area contributed by atoms with Crippen LogP contribution in [0.15, 0.2) is 36.4 Å². The Morgan fingerprint density at radius 2 is 2.06 bits per heavy atom. The van der Waals surface area contributed by atoms with E-state index in [9.17, 15) is 5.26 Å². The fourth-order valence-electron chi connectivity index (χ4n) is 4.16. The van der Waals surface area contributed by atoms with E-state index in [4.69, 9.17) is 9.47 Å². The highest BCUT2D eigenvalue weighted by Gasteiger charge is 2.26. The number of hydrogen-bond acceptors (Lipinski definition) is 7. The molecule has 1 heterocycles. The van der Waals surface area contributed by atoms with Gasteiger partial charge in [-0.15, -0.1) is 10.2 Å². The van der Waals surface area contributed by atoms with Crippen molar-refractivity contribution in [2.75, 3.05) is 26.8 Å². The van der Waals surface area contributed by atoms with Crippen molar-refractivity contribution in [3.63, 3.8) is 0 Å². The van der Waals surface area contributed by atoms with Crippen molar-refractivity contribution in [3.8, 4) is 33.0 Å². The van der Waals surface area contributed by atoms with E-state index < -0.39 is 0 Å². The zero-order valence-electron chi connectivity index (χ0n) is 18.7. The first-order valence-corrected chi connectivity index (χ1v) is 11.8. The number of nitrogens with zero attached hydrogens (tertiary/aromatic N) is 3. The second-order valence-electron chi connectivity index (χ2n) is 8.21. The molecule has 1 atom stereocenters. The summed E-state index contributed by atoms with van der Waals surface area (Å²) >= 11 is 1.57. The van der Waals surface area contributed by atoms with Crippen LogP contribution in [0.1, 0.15) is 42.9 Å². The van der Waals surface area contributed by atoms with E-state index in [1.54, 1.807) is 18.4 Å². The number of hydrogen-bond donors (Lipinski definition) is 1. The first-order chi connectivity index (χ1) is 15.6. The van der Waals surface area contributed by atoms with E-state index in [2.05, 4.69) is 39.8 Å². The van der Waals surface area contributed by atoms with Crippen LogP contribution in [0, 0.1) is 11.3 Å². The number of benzene rings is 2. The lowest BCUT2D eigenvalue weighted by molar-refractivity contribution is 0.199. The Balaban J connectivity index is 1.56. The van der Waals surface area contributed by atoms with Gasteiger partial charge in [0.2, 0.25) is 0 Å². The van der Waals surface area contributed by atoms with Gasteiger partial charge in [0.05, 0.1) is 18.3 Å². The van der Waals surface area contributed by atoms with E-state index in [0.29, 0.717) is 17.2 Å². The summed E-state index contributed by atoms with van der Waals surface area (Å²) in [5.41, 5.74) is 5.36. The van der Waals surface area contributed by atoms with Gasteiger partial charge in [-0.25, -0.2) is 0 Å². The second kappa shape index (κ2) is 10.2. The first-order valence-electron chi connectivity index (χ1n) is 11.0. The molecule has 1 aromatic heterocycles. The largest absolute Gasteiger partial charge is 0.490 e. The number of fused-ring (bicyclic) bond motifs is 1. The van der Waals surface area contributed by atoms with Crippen molar-refractivity contribution in [2.24, 2.45) is 0 Å². The SMILES string of the molecule is COCCNCC1CCc2c(-c3nnc(-c4ccc(OC(C)C)c(C#N)c4)s3)cccc21. The maximum atomic E-state index is 9.53. The summed E-state index contributed by atoms with van der Waals surface area (Å²) in [7, 11) is 1.73. The topological polar surface area (TPSA) is 80.1 Å². The zero-order valence-corrected chi connectivity index (χ0v) is 19.5. The van der Waals surface area contributed by atoms with E-state index in [0.717, 1.165) is 48.1 Å². The van der Waals surface area contributed by atoms with Crippen LogP contribution in [-0.4, -0.2) is 43.1 Å². The van der Waals surface area contributed by atoms with Gasteiger partial charge in [0.1, 0.15) is 21.8 Å². The molecule has 7 heteroatoms. The number of methoxy groups -OCH3 is 1. The summed E-state index contributed by atoms with van der Waals surface area (Å²) in [6.45, 7) is 6.46. The molecule has 1 N–H and O–H groups in total. The minimum atomic E-state index is 0.0141. The Morgan fingerprint density at radius 1 is 1.22 bits per heavy atom. The summed E-state index contributed by atoms with van der Waals surface area (Å²) in [4.78, 5) is 0. The molecule has 0 bridgehead atoms. The fraction of sp³-hybridized carbons (Fsp3) is 0.400. The van der Waals surface area contributed by atoms with Crippen LogP contribution in [0.2, 0.25) is 0 Å². The smallest absolute Gasteiger partial charge is 0.148 e. The van der Waals surface area contributed by atoms with Gasteiger partial charge in [-0.2, -0.15) is 5.26 Å². The van der Waals surface area contributed by atoms with Crippen LogP contribution in [-0.2, 0) is 11.2 Å². The average molecular weight is 449 g/mol. The van der Waals surface area contributed by atoms with Crippen molar-refractivity contribution in [3.05, 3.63) is 53.1 Å². The van der Waals surface area contributed by atoms with E-state index in [1.165, 1.54) is 16.7 Å². The molecule has 0 amide bonds. The van der Waals surface area contributed by atoms with Gasteiger partial charge in [-0.05, 0) is 61.9 Å². The first kappa shape index (κ1) is 22.4. The minimum Gasteiger partial charge on any atom is -0.490 e. The van der Waals surface area contributed by atoms with Crippen molar-refractivity contribution in [1.82, 2.24) is 15.5 Å². The molecular formula is C25H28N4O2S. The van der Waals surface area contributed by atoms with Gasteiger partial charge in [0.15, 0.2) is 0 Å². The van der Waals surface area contributed by atoms with Gasteiger partial charge in [-0.1, -0.05) is 29.5 Å². The molecule has 4 rings (SSSR count). The normalized spacial score (nSPS) is 15.0. The highest BCUT2D eigenvalue weighted by Crippen LogP contribution is 2.40. The van der Waals surface area contributed by atoms with E-state index >= 15 is 0 Å². The standard InChI is InChI=1S/C25H28N4O2S/c1-16(2)31-23-10-8-17(13-19(23)14-26)24-28-29-25(32-24)22-6-4-5-20-18(7-9-21(20)22)15-27-11-12-30-3/h4-6,8,10,13,16,18,27H,7,9,11-12,15H2,1-3H3. The lowest BCUT2D eigenvalue weighted by atomic mass is 9.98. The van der Waals surface area contributed by atoms with Crippen LogP contribution in [0.5, 0.6) is 5.75 Å². The van der Waals surface area contributed by atoms with Crippen LogP contribution in [0.25, 0.3) is 21.1 Å². The Morgan fingerprint density at radius 3 is 2.84 bits per heavy atom. The van der Waals surface area contributed by atoms with Gasteiger partial charge in [0.25, 0.3) is 0 Å². The molecule has 0 aliphatic heterocycles. The summed E-state index contributed by atoms with van der Waals surface area (Å²) < 4.78 is 10.9. The predicted molar refractivity (Wildman–Crippen MR) is 127 cm³/mol. The molecule has 6 nitrogen and oxygen atoms in total. The number of rotatable bonds is 9. The van der Waals surface area contributed by atoms with Crippen LogP contribution in [0.3, 0.4) is 0 Å². The number of ether oxygens (including phenoxy) is 2. The lowest BCUT2D eigenvalue weighted by Crippen LogP contribution is -2.24. The van der Waals surface area contributed by atoms with Crippen LogP contribution >= 0.6 is 11.3 Å². The second-order valence-corrected chi connectivity index (χ2v) is 9.19. The average Bonchev–Trinajstić information content (AvgIpc) is 3.44. The highest BCUT2D eigenvalue weighted by molar-refractivity contribution is 7.17. The molecule has 0 fully saturated rings. The predicted octanol–water partition coefficient (Wildman–Crippen LogP) is 4.80. The van der Waals surface area contributed by atoms with Crippen LogP contribution < -0.4 is 10.1 Å². The Labute approximate surface area is 193 Å². The van der Waals surface area contributed by atoms with E-state index in [-0.39, 0.29) is 6.10 Å². The van der Waals surface area contributed by atoms with Gasteiger partial charge in [0, 0.05) is 31.3 Å². The molecule has 2 aromatic carbocycles. The van der Waals surface area contributed by atoms with Gasteiger partial charge in [-0.3, -0.25) is 0 Å². The Bertz CT molecular complexity index is 1120. The summed E-state index contributed by atoms with van der Waals surface area (Å²) in [5, 5.41) is 23.7. The summed E-state index contributed by atoms with van der Waals surface area (Å²) in [6.07, 6.45) is 2.21. The maximum Gasteiger partial charge on any atom is 0.148 e. The van der Waals surface area contributed by atoms with Crippen molar-refractivity contribution in [1.29, 1.82) is 5.26 Å². The molecule has 0 saturated heterocycles. The molecule has 1 unspecified atom stereocenters. The highest BCUT2D eigenvalue weighted by atomic mass is 32.1. The zero-order chi connectivity index (χ0) is 22.5. The fourth-order valence-corrected chi connectivity index (χ4v) is 5.05. The molecule has 3 aromatic rings. The number of nitrogens with one attached hydrogen (secondary N) is 1. The third-order valence-electron chi connectivity index (χ3n) is 5.63. The monoisotopic (exact) mass is 448 g/mol. The number of nitriles is 1.